The summed E-state index contributed by atoms with van der Waals surface area (Å²) in [6.07, 6.45) is 4.61. The fraction of sp³-hybridized carbons (Fsp3) is 0.200. The van der Waals surface area contributed by atoms with E-state index in [-0.39, 0.29) is 0 Å². The van der Waals surface area contributed by atoms with Gasteiger partial charge in [-0.1, -0.05) is 42.3 Å². The minimum atomic E-state index is -0.520. The molecule has 0 spiro atoms. The van der Waals surface area contributed by atoms with Gasteiger partial charge in [0.2, 0.25) is 0 Å². The molecule has 0 amide bonds. The highest BCUT2D eigenvalue weighted by Gasteiger charge is 2.06. The normalized spacial score (nSPS) is 12.2. The van der Waals surface area contributed by atoms with Crippen LogP contribution in [0.15, 0.2) is 42.5 Å². The molecule has 2 heteroatoms. The van der Waals surface area contributed by atoms with Crippen LogP contribution >= 0.6 is 0 Å². The monoisotopic (exact) mass is 225 g/mol. The molecule has 0 saturated heterocycles. The molecule has 2 rings (SSSR count). The van der Waals surface area contributed by atoms with E-state index in [1.807, 2.05) is 36.4 Å². The molecular formula is C15H15NO. The van der Waals surface area contributed by atoms with Crippen LogP contribution in [0.25, 0.3) is 10.8 Å². The van der Waals surface area contributed by atoms with E-state index in [2.05, 4.69) is 17.3 Å². The predicted molar refractivity (Wildman–Crippen MR) is 70.6 cm³/mol. The highest BCUT2D eigenvalue weighted by Crippen LogP contribution is 2.19. The van der Waals surface area contributed by atoms with Crippen LogP contribution in [-0.2, 0) is 0 Å². The highest BCUT2D eigenvalue weighted by molar-refractivity contribution is 5.83. The van der Waals surface area contributed by atoms with Gasteiger partial charge in [0.15, 0.2) is 0 Å². The van der Waals surface area contributed by atoms with Gasteiger partial charge in [-0.05, 0) is 22.4 Å². The molecule has 0 aliphatic carbocycles. The Balaban J connectivity index is 2.16. The average Bonchev–Trinajstić information content (AvgIpc) is 2.38. The van der Waals surface area contributed by atoms with E-state index in [0.29, 0.717) is 13.1 Å². The lowest BCUT2D eigenvalue weighted by Gasteiger charge is -2.11. The number of benzene rings is 2. The second kappa shape index (κ2) is 5.49. The summed E-state index contributed by atoms with van der Waals surface area (Å²) in [4.78, 5) is 0. The van der Waals surface area contributed by atoms with Gasteiger partial charge in [-0.2, -0.15) is 0 Å². The number of rotatable bonds is 4. The van der Waals surface area contributed by atoms with Gasteiger partial charge in [-0.3, -0.25) is 0 Å². The smallest absolute Gasteiger partial charge is 0.0914 e. The summed E-state index contributed by atoms with van der Waals surface area (Å²) in [5.74, 6) is 2.48. The van der Waals surface area contributed by atoms with Crippen molar-refractivity contribution >= 4 is 10.8 Å². The van der Waals surface area contributed by atoms with Crippen LogP contribution in [0.1, 0.15) is 11.7 Å². The van der Waals surface area contributed by atoms with Gasteiger partial charge in [0.25, 0.3) is 0 Å². The number of fused-ring (bicyclic) bond motifs is 1. The fourth-order valence-corrected chi connectivity index (χ4v) is 1.81. The third kappa shape index (κ3) is 2.85. The lowest BCUT2D eigenvalue weighted by molar-refractivity contribution is 0.176. The summed E-state index contributed by atoms with van der Waals surface area (Å²) < 4.78 is 0. The number of hydrogen-bond acceptors (Lipinski definition) is 2. The summed E-state index contributed by atoms with van der Waals surface area (Å²) >= 11 is 0. The molecule has 0 saturated carbocycles. The Hall–Kier alpha value is -1.82. The molecule has 0 fully saturated rings. The van der Waals surface area contributed by atoms with E-state index in [1.165, 1.54) is 5.39 Å². The quantitative estimate of drug-likeness (QED) is 0.617. The van der Waals surface area contributed by atoms with Crippen LogP contribution in [0.5, 0.6) is 0 Å². The van der Waals surface area contributed by atoms with Gasteiger partial charge in [0, 0.05) is 6.54 Å². The zero-order chi connectivity index (χ0) is 12.1. The molecule has 1 atom stereocenters. The third-order valence-electron chi connectivity index (χ3n) is 2.72. The second-order valence-electron chi connectivity index (χ2n) is 3.96. The molecule has 0 bridgehead atoms. The van der Waals surface area contributed by atoms with Crippen molar-refractivity contribution in [2.24, 2.45) is 0 Å². The maximum Gasteiger partial charge on any atom is 0.0914 e. The lowest BCUT2D eigenvalue weighted by Crippen LogP contribution is -2.21. The van der Waals surface area contributed by atoms with Crippen molar-refractivity contribution in [1.82, 2.24) is 5.32 Å². The third-order valence-corrected chi connectivity index (χ3v) is 2.72. The standard InChI is InChI=1S/C15H15NO/c1-2-9-16-11-15(17)14-8-7-12-5-3-4-6-13(12)10-14/h1,3-8,10,15-17H,9,11H2. The largest absolute Gasteiger partial charge is 0.387 e. The molecule has 86 valence electrons. The maximum absolute atomic E-state index is 9.98. The Labute approximate surface area is 101 Å². The molecule has 0 heterocycles. The van der Waals surface area contributed by atoms with E-state index >= 15 is 0 Å². The fourth-order valence-electron chi connectivity index (χ4n) is 1.81. The number of aliphatic hydroxyl groups excluding tert-OH is 1. The van der Waals surface area contributed by atoms with E-state index < -0.39 is 6.10 Å². The summed E-state index contributed by atoms with van der Waals surface area (Å²) in [6.45, 7) is 0.952. The Morgan fingerprint density at radius 1 is 1.18 bits per heavy atom. The van der Waals surface area contributed by atoms with Crippen molar-refractivity contribution in [1.29, 1.82) is 0 Å². The number of hydrogen-bond donors (Lipinski definition) is 2. The molecule has 1 unspecified atom stereocenters. The number of nitrogens with one attached hydrogen (secondary N) is 1. The van der Waals surface area contributed by atoms with Crippen molar-refractivity contribution in [2.45, 2.75) is 6.10 Å². The van der Waals surface area contributed by atoms with Crippen molar-refractivity contribution < 1.29 is 5.11 Å². The van der Waals surface area contributed by atoms with Gasteiger partial charge < -0.3 is 10.4 Å². The molecule has 0 aliphatic rings. The molecule has 2 aromatic rings. The number of aliphatic hydroxyl groups is 1. The zero-order valence-corrected chi connectivity index (χ0v) is 9.56. The van der Waals surface area contributed by atoms with Crippen LogP contribution in [0.3, 0.4) is 0 Å². The summed E-state index contributed by atoms with van der Waals surface area (Å²) in [5.41, 5.74) is 0.910. The number of terminal acetylenes is 1. The Morgan fingerprint density at radius 3 is 2.71 bits per heavy atom. The van der Waals surface area contributed by atoms with Gasteiger partial charge in [0.1, 0.15) is 0 Å². The summed E-state index contributed by atoms with van der Waals surface area (Å²) in [6, 6.07) is 14.1. The van der Waals surface area contributed by atoms with Crippen LogP contribution in [0, 0.1) is 12.3 Å². The van der Waals surface area contributed by atoms with E-state index in [0.717, 1.165) is 10.9 Å². The average molecular weight is 225 g/mol. The van der Waals surface area contributed by atoms with E-state index in [9.17, 15) is 5.11 Å². The maximum atomic E-state index is 9.98. The van der Waals surface area contributed by atoms with Crippen molar-refractivity contribution in [3.05, 3.63) is 48.0 Å². The Kier molecular flexibility index (Phi) is 3.77. The first-order valence-electron chi connectivity index (χ1n) is 5.62. The lowest BCUT2D eigenvalue weighted by atomic mass is 10.0. The SMILES string of the molecule is C#CCNCC(O)c1ccc2ccccc2c1. The predicted octanol–water partition coefficient (Wildman–Crippen LogP) is 2.10. The van der Waals surface area contributed by atoms with Gasteiger partial charge in [0.05, 0.1) is 12.6 Å². The van der Waals surface area contributed by atoms with Crippen molar-refractivity contribution in [3.63, 3.8) is 0 Å². The van der Waals surface area contributed by atoms with E-state index in [4.69, 9.17) is 6.42 Å². The van der Waals surface area contributed by atoms with Crippen molar-refractivity contribution in [2.75, 3.05) is 13.1 Å². The first kappa shape index (κ1) is 11.7. The Morgan fingerprint density at radius 2 is 1.94 bits per heavy atom. The van der Waals surface area contributed by atoms with Gasteiger partial charge in [-0.15, -0.1) is 6.42 Å². The molecule has 0 radical (unpaired) electrons. The molecule has 2 nitrogen and oxygen atoms in total. The van der Waals surface area contributed by atoms with Crippen LogP contribution in [0.4, 0.5) is 0 Å². The van der Waals surface area contributed by atoms with Crippen molar-refractivity contribution in [3.8, 4) is 12.3 Å². The topological polar surface area (TPSA) is 32.3 Å². The minimum Gasteiger partial charge on any atom is -0.387 e. The summed E-state index contributed by atoms with van der Waals surface area (Å²) in [5, 5.41) is 15.3. The minimum absolute atomic E-state index is 0.475. The highest BCUT2D eigenvalue weighted by atomic mass is 16.3. The first-order chi connectivity index (χ1) is 8.31. The first-order valence-corrected chi connectivity index (χ1v) is 5.62. The summed E-state index contributed by atoms with van der Waals surface area (Å²) in [7, 11) is 0. The molecule has 0 aliphatic heterocycles. The Bertz CT molecular complexity index is 542. The van der Waals surface area contributed by atoms with Crippen LogP contribution < -0.4 is 5.32 Å². The molecule has 17 heavy (non-hydrogen) atoms. The second-order valence-corrected chi connectivity index (χ2v) is 3.96. The molecule has 2 N–H and O–H groups in total. The van der Waals surface area contributed by atoms with E-state index in [1.54, 1.807) is 0 Å². The van der Waals surface area contributed by atoms with Crippen LogP contribution in [0.2, 0.25) is 0 Å². The van der Waals surface area contributed by atoms with Crippen LogP contribution in [-0.4, -0.2) is 18.2 Å². The molecular weight excluding hydrogens is 210 g/mol. The molecule has 2 aromatic carbocycles. The zero-order valence-electron chi connectivity index (χ0n) is 9.56. The van der Waals surface area contributed by atoms with Gasteiger partial charge in [-0.25, -0.2) is 0 Å². The van der Waals surface area contributed by atoms with Gasteiger partial charge >= 0.3 is 0 Å². The molecule has 0 aromatic heterocycles.